The number of alkyl halides is 3. The molecule has 2 aliphatic heterocycles. The molecule has 1 aromatic carbocycles. The summed E-state index contributed by atoms with van der Waals surface area (Å²) in [6.07, 6.45) is -1.97. The molecule has 1 N–H and O–H groups in total. The lowest BCUT2D eigenvalue weighted by molar-refractivity contribution is -0.916. The monoisotopic (exact) mass is 467 g/mol. The molecule has 172 valence electrons. The lowest BCUT2D eigenvalue weighted by Gasteiger charge is -2.34. The number of thioether (sulfide) groups is 1. The molecule has 0 saturated carbocycles. The van der Waals surface area contributed by atoms with E-state index in [1.807, 2.05) is 4.90 Å². The number of carbonyl (C=O) groups is 1. The van der Waals surface area contributed by atoms with E-state index in [1.54, 1.807) is 29.2 Å². The summed E-state index contributed by atoms with van der Waals surface area (Å²) < 4.78 is 45.3. The van der Waals surface area contributed by atoms with Gasteiger partial charge in [0.1, 0.15) is 17.5 Å². The van der Waals surface area contributed by atoms with E-state index < -0.39 is 11.9 Å². The number of rotatable bonds is 6. The molecule has 2 saturated heterocycles. The first-order valence-electron chi connectivity index (χ1n) is 10.7. The molecular weight excluding hydrogens is 441 g/mol. The number of hydrogen-bond donors (Lipinski definition) is 1. The van der Waals surface area contributed by atoms with Crippen molar-refractivity contribution in [2.45, 2.75) is 36.6 Å². The molecule has 0 bridgehead atoms. The van der Waals surface area contributed by atoms with Crippen molar-refractivity contribution in [3.63, 3.8) is 0 Å². The fraction of sp³-hybridized carbons (Fsp3) is 0.500. The maximum atomic E-state index is 13.4. The van der Waals surface area contributed by atoms with Crippen molar-refractivity contribution < 1.29 is 27.6 Å². The fourth-order valence-corrected chi connectivity index (χ4v) is 5.11. The van der Waals surface area contributed by atoms with Gasteiger partial charge >= 0.3 is 6.18 Å². The van der Waals surface area contributed by atoms with Gasteiger partial charge in [0, 0.05) is 30.6 Å². The summed E-state index contributed by atoms with van der Waals surface area (Å²) >= 11 is 1.08. The van der Waals surface area contributed by atoms with Gasteiger partial charge in [0.15, 0.2) is 5.16 Å². The summed E-state index contributed by atoms with van der Waals surface area (Å²) in [7, 11) is 1.52. The Morgan fingerprint density at radius 2 is 2.03 bits per heavy atom. The van der Waals surface area contributed by atoms with Crippen molar-refractivity contribution in [3.8, 4) is 17.0 Å². The number of methoxy groups -OCH3 is 1. The molecule has 6 nitrogen and oxygen atoms in total. The van der Waals surface area contributed by atoms with Crippen molar-refractivity contribution in [3.05, 3.63) is 36.0 Å². The smallest absolute Gasteiger partial charge is 0.433 e. The number of piperazine rings is 1. The fourth-order valence-electron chi connectivity index (χ4n) is 4.33. The van der Waals surface area contributed by atoms with Crippen LogP contribution in [0.25, 0.3) is 11.3 Å². The Labute approximate surface area is 189 Å². The molecule has 1 amide bonds. The average molecular weight is 468 g/mol. The molecule has 2 aromatic rings. The second-order valence-electron chi connectivity index (χ2n) is 8.08. The van der Waals surface area contributed by atoms with Gasteiger partial charge in [-0.2, -0.15) is 13.2 Å². The van der Waals surface area contributed by atoms with Crippen LogP contribution in [-0.4, -0.2) is 65.9 Å². The number of carbonyl (C=O) groups excluding carboxylic acids is 1. The minimum absolute atomic E-state index is 0.0171. The molecular formula is C22H26F3N4O2S+. The van der Waals surface area contributed by atoms with Gasteiger partial charge in [-0.3, -0.25) is 4.79 Å². The van der Waals surface area contributed by atoms with Gasteiger partial charge in [-0.1, -0.05) is 11.8 Å². The van der Waals surface area contributed by atoms with Crippen LogP contribution in [0, 0.1) is 0 Å². The number of quaternary nitrogens is 1. The number of hydrogen-bond acceptors (Lipinski definition) is 5. The normalized spacial score (nSPS) is 20.8. The van der Waals surface area contributed by atoms with Gasteiger partial charge in [0.2, 0.25) is 5.91 Å². The zero-order valence-corrected chi connectivity index (χ0v) is 18.6. The van der Waals surface area contributed by atoms with E-state index in [0.717, 1.165) is 43.9 Å². The van der Waals surface area contributed by atoms with Crippen LogP contribution in [0.2, 0.25) is 0 Å². The summed E-state index contributed by atoms with van der Waals surface area (Å²) in [5.41, 5.74) is -0.273. The second-order valence-corrected chi connectivity index (χ2v) is 9.14. The van der Waals surface area contributed by atoms with Crippen LogP contribution in [0.5, 0.6) is 5.75 Å². The van der Waals surface area contributed by atoms with Crippen molar-refractivity contribution in [1.82, 2.24) is 14.9 Å². The summed E-state index contributed by atoms with van der Waals surface area (Å²) in [5, 5.41) is 0.0171. The largest absolute Gasteiger partial charge is 0.497 e. The molecule has 0 spiro atoms. The molecule has 1 aromatic heterocycles. The Morgan fingerprint density at radius 3 is 2.75 bits per heavy atom. The third kappa shape index (κ3) is 5.35. The van der Waals surface area contributed by atoms with Crippen molar-refractivity contribution in [2.75, 3.05) is 39.0 Å². The standard InChI is InChI=1S/C22H25F3N4O2S/c1-31-17-6-4-15(5-7-17)18-13-19(22(23,24)25)27-21(26-18)32-12-8-20(30)29-11-10-28-9-2-3-16(28)14-29/h4-7,13,16H,2-3,8-12,14H2,1H3/p+1/t16-/m1/s1. The minimum atomic E-state index is -4.58. The van der Waals surface area contributed by atoms with E-state index >= 15 is 0 Å². The van der Waals surface area contributed by atoms with E-state index in [2.05, 4.69) is 9.97 Å². The maximum Gasteiger partial charge on any atom is 0.433 e. The third-order valence-corrected chi connectivity index (χ3v) is 6.90. The SMILES string of the molecule is COc1ccc(-c2cc(C(F)(F)F)nc(SCCC(=O)N3CC[NH+]4CCC[C@@H]4C3)n2)cc1. The molecule has 2 aliphatic rings. The Morgan fingerprint density at radius 1 is 1.25 bits per heavy atom. The van der Waals surface area contributed by atoms with Gasteiger partial charge in [-0.15, -0.1) is 0 Å². The number of nitrogens with one attached hydrogen (secondary N) is 1. The van der Waals surface area contributed by atoms with Gasteiger partial charge < -0.3 is 14.5 Å². The van der Waals surface area contributed by atoms with Gasteiger partial charge in [-0.25, -0.2) is 9.97 Å². The molecule has 0 aliphatic carbocycles. The number of ether oxygens (including phenoxy) is 1. The number of amides is 1. The van der Waals surface area contributed by atoms with Crippen molar-refractivity contribution in [2.24, 2.45) is 0 Å². The third-order valence-electron chi connectivity index (χ3n) is 6.05. The number of halogens is 3. The zero-order chi connectivity index (χ0) is 22.7. The van der Waals surface area contributed by atoms with Gasteiger partial charge in [-0.05, 0) is 30.3 Å². The Hall–Kier alpha value is -2.33. The molecule has 2 fully saturated rings. The van der Waals surface area contributed by atoms with E-state index in [0.29, 0.717) is 23.1 Å². The summed E-state index contributed by atoms with van der Waals surface area (Å²) in [5.74, 6) is 0.984. The van der Waals surface area contributed by atoms with Crippen LogP contribution in [0.3, 0.4) is 0 Å². The molecule has 3 heterocycles. The highest BCUT2D eigenvalue weighted by Gasteiger charge is 2.36. The molecule has 10 heteroatoms. The van der Waals surface area contributed by atoms with Crippen LogP contribution < -0.4 is 9.64 Å². The summed E-state index contributed by atoms with van der Waals surface area (Å²) in [4.78, 5) is 24.1. The molecule has 2 atom stereocenters. The molecule has 4 rings (SSSR count). The maximum absolute atomic E-state index is 13.4. The van der Waals surface area contributed by atoms with Gasteiger partial charge in [0.05, 0.1) is 39.0 Å². The molecule has 1 unspecified atom stereocenters. The first-order chi connectivity index (χ1) is 15.3. The minimum Gasteiger partial charge on any atom is -0.497 e. The van der Waals surface area contributed by atoms with E-state index in [1.165, 1.54) is 20.1 Å². The van der Waals surface area contributed by atoms with Crippen LogP contribution in [0.15, 0.2) is 35.5 Å². The van der Waals surface area contributed by atoms with Crippen LogP contribution >= 0.6 is 11.8 Å². The van der Waals surface area contributed by atoms with E-state index in [4.69, 9.17) is 4.74 Å². The Kier molecular flexibility index (Phi) is 6.90. The van der Waals surface area contributed by atoms with E-state index in [9.17, 15) is 18.0 Å². The summed E-state index contributed by atoms with van der Waals surface area (Å²) in [6, 6.07) is 8.12. The van der Waals surface area contributed by atoms with Crippen LogP contribution in [-0.2, 0) is 11.0 Å². The summed E-state index contributed by atoms with van der Waals surface area (Å²) in [6.45, 7) is 3.69. The van der Waals surface area contributed by atoms with Crippen LogP contribution in [0.1, 0.15) is 25.0 Å². The number of nitrogens with zero attached hydrogens (tertiary/aromatic N) is 3. The highest BCUT2D eigenvalue weighted by atomic mass is 32.2. The predicted octanol–water partition coefficient (Wildman–Crippen LogP) is 2.54. The lowest BCUT2D eigenvalue weighted by atomic mass is 10.1. The molecule has 0 radical (unpaired) electrons. The first kappa shape index (κ1) is 22.8. The average Bonchev–Trinajstić information content (AvgIpc) is 3.26. The highest BCUT2D eigenvalue weighted by Crippen LogP contribution is 2.32. The number of benzene rings is 1. The quantitative estimate of drug-likeness (QED) is 0.523. The Balaban J connectivity index is 1.42. The first-order valence-corrected chi connectivity index (χ1v) is 11.7. The Bertz CT molecular complexity index is 955. The van der Waals surface area contributed by atoms with Crippen molar-refractivity contribution >= 4 is 17.7 Å². The topological polar surface area (TPSA) is 59.8 Å². The second kappa shape index (κ2) is 9.66. The highest BCUT2D eigenvalue weighted by molar-refractivity contribution is 7.99. The molecule has 32 heavy (non-hydrogen) atoms. The van der Waals surface area contributed by atoms with Crippen molar-refractivity contribution in [1.29, 1.82) is 0 Å². The predicted molar refractivity (Wildman–Crippen MR) is 115 cm³/mol. The number of aromatic nitrogens is 2. The zero-order valence-electron chi connectivity index (χ0n) is 17.8. The number of fused-ring (bicyclic) bond motifs is 1. The lowest BCUT2D eigenvalue weighted by Crippen LogP contribution is -3.16. The van der Waals surface area contributed by atoms with Crippen LogP contribution in [0.4, 0.5) is 13.2 Å². The van der Waals surface area contributed by atoms with Gasteiger partial charge in [0.25, 0.3) is 0 Å². The van der Waals surface area contributed by atoms with E-state index in [-0.39, 0.29) is 23.2 Å².